The highest BCUT2D eigenvalue weighted by Gasteiger charge is 2.00. The third-order valence-electron chi connectivity index (χ3n) is 1.23. The predicted octanol–water partition coefficient (Wildman–Crippen LogP) is 1.14. The molecule has 1 rings (SSSR count). The number of nitrogens with zero attached hydrogens (tertiary/aromatic N) is 1. The molecule has 0 aliphatic carbocycles. The molecule has 0 fully saturated rings. The third kappa shape index (κ3) is 1.25. The number of hydrogen-bond acceptors (Lipinski definition) is 2. The van der Waals surface area contributed by atoms with Crippen LogP contribution in [0.3, 0.4) is 0 Å². The monoisotopic (exact) mass is 140 g/mol. The molecule has 3 heteroatoms. The van der Waals surface area contributed by atoms with Gasteiger partial charge in [-0.1, -0.05) is 12.1 Å². The molecule has 1 aromatic carbocycles. The molecule has 0 saturated heterocycles. The van der Waals surface area contributed by atoms with Crippen LogP contribution in [0.1, 0.15) is 0 Å². The zero-order valence-corrected chi connectivity index (χ0v) is 5.71. The van der Waals surface area contributed by atoms with E-state index in [0.717, 1.165) is 0 Å². The number of anilines is 1. The lowest BCUT2D eigenvalue weighted by atomic mass is 10.3. The topological polar surface area (TPSA) is 29.3 Å². The molecule has 0 bridgehead atoms. The number of benzene rings is 1. The molecule has 0 spiro atoms. The average Bonchev–Trinajstić information content (AvgIpc) is 1.88. The maximum atomic E-state index is 12.7. The molecule has 0 heterocycles. The smallest absolute Gasteiger partial charge is 0.147 e. The Balaban J connectivity index is 3.03. The first-order valence-electron chi connectivity index (χ1n) is 2.95. The number of hydrazine groups is 1. The number of nitrogens with two attached hydrogens (primary N) is 1. The van der Waals surface area contributed by atoms with Gasteiger partial charge in [0.2, 0.25) is 0 Å². The van der Waals surface area contributed by atoms with E-state index >= 15 is 0 Å². The summed E-state index contributed by atoms with van der Waals surface area (Å²) in [6.45, 7) is 0. The van der Waals surface area contributed by atoms with Gasteiger partial charge < -0.3 is 5.01 Å². The van der Waals surface area contributed by atoms with E-state index in [1.54, 1.807) is 25.2 Å². The van der Waals surface area contributed by atoms with Gasteiger partial charge in [-0.25, -0.2) is 10.2 Å². The molecule has 0 radical (unpaired) electrons. The lowest BCUT2D eigenvalue weighted by Gasteiger charge is -2.11. The van der Waals surface area contributed by atoms with Gasteiger partial charge in [0.05, 0.1) is 5.69 Å². The van der Waals surface area contributed by atoms with Gasteiger partial charge in [0.15, 0.2) is 0 Å². The van der Waals surface area contributed by atoms with Crippen LogP contribution in [0.4, 0.5) is 10.1 Å². The van der Waals surface area contributed by atoms with Crippen molar-refractivity contribution in [1.82, 2.24) is 0 Å². The van der Waals surface area contributed by atoms with Gasteiger partial charge >= 0.3 is 0 Å². The number of hydrogen-bond donors (Lipinski definition) is 1. The Hall–Kier alpha value is -1.09. The second kappa shape index (κ2) is 2.66. The Morgan fingerprint density at radius 2 is 2.00 bits per heavy atom. The second-order valence-electron chi connectivity index (χ2n) is 2.06. The van der Waals surface area contributed by atoms with Crippen LogP contribution in [0.25, 0.3) is 0 Å². The molecule has 0 amide bonds. The Morgan fingerprint density at radius 3 is 2.40 bits per heavy atom. The minimum Gasteiger partial charge on any atom is -0.311 e. The molecule has 0 aliphatic heterocycles. The highest BCUT2D eigenvalue weighted by atomic mass is 19.1. The van der Waals surface area contributed by atoms with Gasteiger partial charge in [-0.3, -0.25) is 0 Å². The van der Waals surface area contributed by atoms with E-state index in [9.17, 15) is 4.39 Å². The molecule has 0 atom stereocenters. The van der Waals surface area contributed by atoms with Gasteiger partial charge in [0.25, 0.3) is 0 Å². The fraction of sp³-hybridized carbons (Fsp3) is 0.143. The standard InChI is InChI=1S/C7H9FN2/c1-10(9)7-5-3-2-4-6(7)8/h2-5H,9H2,1H3. The third-order valence-corrected chi connectivity index (χ3v) is 1.23. The van der Waals surface area contributed by atoms with E-state index in [1.807, 2.05) is 0 Å². The Kier molecular flexibility index (Phi) is 1.87. The predicted molar refractivity (Wildman–Crippen MR) is 39.0 cm³/mol. The van der Waals surface area contributed by atoms with E-state index in [2.05, 4.69) is 0 Å². The summed E-state index contributed by atoms with van der Waals surface area (Å²) in [5, 5.41) is 1.25. The molecule has 10 heavy (non-hydrogen) atoms. The largest absolute Gasteiger partial charge is 0.311 e. The van der Waals surface area contributed by atoms with Gasteiger partial charge in [-0.15, -0.1) is 0 Å². The van der Waals surface area contributed by atoms with Gasteiger partial charge in [-0.2, -0.15) is 0 Å². The van der Waals surface area contributed by atoms with Crippen molar-refractivity contribution < 1.29 is 4.39 Å². The van der Waals surface area contributed by atoms with Gasteiger partial charge in [0, 0.05) is 7.05 Å². The summed E-state index contributed by atoms with van der Waals surface area (Å²) in [6.07, 6.45) is 0. The van der Waals surface area contributed by atoms with Crippen LogP contribution < -0.4 is 10.9 Å². The molecular formula is C7H9FN2. The zero-order valence-electron chi connectivity index (χ0n) is 5.71. The summed E-state index contributed by atoms with van der Waals surface area (Å²) >= 11 is 0. The Morgan fingerprint density at radius 1 is 1.40 bits per heavy atom. The minimum absolute atomic E-state index is 0.299. The first-order chi connectivity index (χ1) is 4.72. The van der Waals surface area contributed by atoms with Crippen molar-refractivity contribution in [2.45, 2.75) is 0 Å². The Bertz CT molecular complexity index is 223. The molecule has 0 unspecified atom stereocenters. The van der Waals surface area contributed by atoms with E-state index in [4.69, 9.17) is 5.84 Å². The quantitative estimate of drug-likeness (QED) is 0.468. The van der Waals surface area contributed by atoms with Gasteiger partial charge in [0.1, 0.15) is 5.82 Å². The maximum absolute atomic E-state index is 12.7. The summed E-state index contributed by atoms with van der Waals surface area (Å²) in [6, 6.07) is 6.36. The lowest BCUT2D eigenvalue weighted by Crippen LogP contribution is -2.25. The van der Waals surface area contributed by atoms with E-state index in [0.29, 0.717) is 5.69 Å². The minimum atomic E-state index is -0.299. The van der Waals surface area contributed by atoms with E-state index in [-0.39, 0.29) is 5.82 Å². The summed E-state index contributed by atoms with van der Waals surface area (Å²) < 4.78 is 12.7. The molecule has 54 valence electrons. The van der Waals surface area contributed by atoms with Crippen LogP contribution in [-0.4, -0.2) is 7.05 Å². The fourth-order valence-corrected chi connectivity index (χ4v) is 0.738. The average molecular weight is 140 g/mol. The van der Waals surface area contributed by atoms with Crippen molar-refractivity contribution in [3.8, 4) is 0 Å². The van der Waals surface area contributed by atoms with E-state index < -0.39 is 0 Å². The van der Waals surface area contributed by atoms with Crippen LogP contribution in [0.5, 0.6) is 0 Å². The van der Waals surface area contributed by atoms with E-state index in [1.165, 1.54) is 11.1 Å². The van der Waals surface area contributed by atoms with Gasteiger partial charge in [-0.05, 0) is 12.1 Å². The number of rotatable bonds is 1. The highest BCUT2D eigenvalue weighted by molar-refractivity contribution is 5.44. The van der Waals surface area contributed by atoms with Crippen LogP contribution in [0, 0.1) is 5.82 Å². The maximum Gasteiger partial charge on any atom is 0.147 e. The molecule has 0 aromatic heterocycles. The number of halogens is 1. The zero-order chi connectivity index (χ0) is 7.56. The van der Waals surface area contributed by atoms with Crippen molar-refractivity contribution in [2.75, 3.05) is 12.1 Å². The van der Waals surface area contributed by atoms with Crippen molar-refractivity contribution in [3.63, 3.8) is 0 Å². The van der Waals surface area contributed by atoms with Crippen molar-refractivity contribution in [2.24, 2.45) is 5.84 Å². The first-order valence-corrected chi connectivity index (χ1v) is 2.95. The summed E-state index contributed by atoms with van der Waals surface area (Å²) in [7, 11) is 1.60. The Labute approximate surface area is 59.0 Å². The molecule has 0 aliphatic rings. The summed E-state index contributed by atoms with van der Waals surface area (Å²) in [5.41, 5.74) is 0.405. The fourth-order valence-electron chi connectivity index (χ4n) is 0.738. The lowest BCUT2D eigenvalue weighted by molar-refractivity contribution is 0.624. The molecule has 0 saturated carbocycles. The molecular weight excluding hydrogens is 131 g/mol. The van der Waals surface area contributed by atoms with Crippen molar-refractivity contribution >= 4 is 5.69 Å². The highest BCUT2D eigenvalue weighted by Crippen LogP contribution is 2.13. The normalized spacial score (nSPS) is 9.50. The molecule has 1 aromatic rings. The molecule has 2 N–H and O–H groups in total. The van der Waals surface area contributed by atoms with Crippen LogP contribution in [0.15, 0.2) is 24.3 Å². The van der Waals surface area contributed by atoms with Crippen LogP contribution >= 0.6 is 0 Å². The van der Waals surface area contributed by atoms with Crippen LogP contribution in [0.2, 0.25) is 0 Å². The van der Waals surface area contributed by atoms with Crippen molar-refractivity contribution in [3.05, 3.63) is 30.1 Å². The summed E-state index contributed by atoms with van der Waals surface area (Å²) in [4.78, 5) is 0. The van der Waals surface area contributed by atoms with Crippen LogP contribution in [-0.2, 0) is 0 Å². The first kappa shape index (κ1) is 7.02. The SMILES string of the molecule is CN(N)c1ccccc1F. The second-order valence-corrected chi connectivity index (χ2v) is 2.06. The molecule has 2 nitrogen and oxygen atoms in total. The number of para-hydroxylation sites is 1. The summed E-state index contributed by atoms with van der Waals surface area (Å²) in [5.74, 6) is 5.01. The van der Waals surface area contributed by atoms with Crippen molar-refractivity contribution in [1.29, 1.82) is 0 Å².